The van der Waals surface area contributed by atoms with Gasteiger partial charge in [-0.25, -0.2) is 0 Å². The summed E-state index contributed by atoms with van der Waals surface area (Å²) in [6, 6.07) is 0. The van der Waals surface area contributed by atoms with Crippen LogP contribution in [0.2, 0.25) is 0 Å². The van der Waals surface area contributed by atoms with Crippen LogP contribution in [-0.4, -0.2) is 17.5 Å². The quantitative estimate of drug-likeness (QED) is 0.485. The van der Waals surface area contributed by atoms with E-state index in [0.717, 1.165) is 19.1 Å². The summed E-state index contributed by atoms with van der Waals surface area (Å²) < 4.78 is 5.63. The second kappa shape index (κ2) is 3.41. The Morgan fingerprint density at radius 1 is 1.38 bits per heavy atom. The Hall–Kier alpha value is -0.370. The standard InChI is InChI=1S/C11H20O2/c1-9(6-8-12)5-7-11(4)10(2,3)13-11/h8-9H,5-7H2,1-4H3. The molecule has 0 radical (unpaired) electrons. The molecule has 1 aliphatic heterocycles. The van der Waals surface area contributed by atoms with Gasteiger partial charge in [0.25, 0.3) is 0 Å². The average molecular weight is 184 g/mol. The van der Waals surface area contributed by atoms with Gasteiger partial charge in [0.15, 0.2) is 0 Å². The van der Waals surface area contributed by atoms with Crippen molar-refractivity contribution >= 4 is 6.29 Å². The van der Waals surface area contributed by atoms with Crippen molar-refractivity contribution in [1.82, 2.24) is 0 Å². The minimum Gasteiger partial charge on any atom is -0.363 e. The molecule has 2 atom stereocenters. The molecule has 2 heteroatoms. The van der Waals surface area contributed by atoms with Crippen molar-refractivity contribution in [2.24, 2.45) is 5.92 Å². The van der Waals surface area contributed by atoms with E-state index in [1.807, 2.05) is 0 Å². The summed E-state index contributed by atoms with van der Waals surface area (Å²) in [5.41, 5.74) is 0.109. The van der Waals surface area contributed by atoms with Crippen LogP contribution in [0.3, 0.4) is 0 Å². The first kappa shape index (κ1) is 10.7. The van der Waals surface area contributed by atoms with Gasteiger partial charge in [-0.15, -0.1) is 0 Å². The molecule has 0 spiro atoms. The van der Waals surface area contributed by atoms with Crippen LogP contribution < -0.4 is 0 Å². The minimum atomic E-state index is 0.0495. The SMILES string of the molecule is CC(CC=O)CCC1(C)OC1(C)C. The summed E-state index contributed by atoms with van der Waals surface area (Å²) >= 11 is 0. The van der Waals surface area contributed by atoms with Crippen molar-refractivity contribution in [1.29, 1.82) is 0 Å². The lowest BCUT2D eigenvalue weighted by molar-refractivity contribution is -0.108. The third-order valence-corrected chi connectivity index (χ3v) is 3.33. The molecule has 2 unspecified atom stereocenters. The molecule has 0 bridgehead atoms. The number of carbonyl (C=O) groups excluding carboxylic acids is 1. The third-order valence-electron chi connectivity index (χ3n) is 3.33. The topological polar surface area (TPSA) is 29.6 Å². The zero-order valence-electron chi connectivity index (χ0n) is 9.09. The Balaban J connectivity index is 2.24. The van der Waals surface area contributed by atoms with Crippen molar-refractivity contribution in [2.75, 3.05) is 0 Å². The Labute approximate surface area is 80.7 Å². The summed E-state index contributed by atoms with van der Waals surface area (Å²) in [7, 11) is 0. The van der Waals surface area contributed by atoms with Gasteiger partial charge in [0.1, 0.15) is 6.29 Å². The zero-order chi connectivity index (χ0) is 10.1. The fourth-order valence-electron chi connectivity index (χ4n) is 1.69. The molecule has 2 nitrogen and oxygen atoms in total. The molecule has 0 saturated carbocycles. The Kier molecular flexibility index (Phi) is 2.81. The fourth-order valence-corrected chi connectivity index (χ4v) is 1.69. The number of epoxide rings is 1. The van der Waals surface area contributed by atoms with Crippen LogP contribution in [0.25, 0.3) is 0 Å². The monoisotopic (exact) mass is 184 g/mol. The van der Waals surface area contributed by atoms with Gasteiger partial charge < -0.3 is 9.53 Å². The molecule has 0 aromatic rings. The molecule has 0 aromatic heterocycles. The number of aldehydes is 1. The lowest BCUT2D eigenvalue weighted by Crippen LogP contribution is -2.17. The van der Waals surface area contributed by atoms with E-state index in [9.17, 15) is 4.79 Å². The van der Waals surface area contributed by atoms with Gasteiger partial charge in [0.05, 0.1) is 11.2 Å². The number of hydrogen-bond acceptors (Lipinski definition) is 2. The molecule has 1 aliphatic rings. The van der Waals surface area contributed by atoms with E-state index in [-0.39, 0.29) is 11.2 Å². The molecular weight excluding hydrogens is 164 g/mol. The van der Waals surface area contributed by atoms with Crippen LogP contribution in [0.1, 0.15) is 47.0 Å². The van der Waals surface area contributed by atoms with Gasteiger partial charge in [0.2, 0.25) is 0 Å². The number of rotatable bonds is 5. The van der Waals surface area contributed by atoms with Gasteiger partial charge in [0, 0.05) is 6.42 Å². The molecule has 0 aliphatic carbocycles. The third kappa shape index (κ3) is 2.31. The molecule has 1 fully saturated rings. The van der Waals surface area contributed by atoms with Gasteiger partial charge in [-0.3, -0.25) is 0 Å². The highest BCUT2D eigenvalue weighted by atomic mass is 16.6. The van der Waals surface area contributed by atoms with E-state index < -0.39 is 0 Å². The Morgan fingerprint density at radius 3 is 2.31 bits per heavy atom. The van der Waals surface area contributed by atoms with E-state index in [0.29, 0.717) is 12.3 Å². The van der Waals surface area contributed by atoms with Crippen LogP contribution >= 0.6 is 0 Å². The van der Waals surface area contributed by atoms with Crippen molar-refractivity contribution in [2.45, 2.75) is 58.2 Å². The van der Waals surface area contributed by atoms with E-state index in [1.165, 1.54) is 0 Å². The van der Waals surface area contributed by atoms with Gasteiger partial charge in [-0.1, -0.05) is 6.92 Å². The first-order chi connectivity index (χ1) is 5.91. The molecule has 13 heavy (non-hydrogen) atoms. The highest BCUT2D eigenvalue weighted by Crippen LogP contribution is 2.50. The van der Waals surface area contributed by atoms with E-state index in [4.69, 9.17) is 4.74 Å². The predicted molar refractivity (Wildman–Crippen MR) is 52.6 cm³/mol. The maximum absolute atomic E-state index is 10.3. The van der Waals surface area contributed by atoms with Crippen molar-refractivity contribution in [3.63, 3.8) is 0 Å². The van der Waals surface area contributed by atoms with Crippen LogP contribution in [0, 0.1) is 5.92 Å². The molecule has 1 saturated heterocycles. The fraction of sp³-hybridized carbons (Fsp3) is 0.909. The molecule has 0 aromatic carbocycles. The Morgan fingerprint density at radius 2 is 1.92 bits per heavy atom. The normalized spacial score (nSPS) is 32.6. The molecule has 76 valence electrons. The Bertz CT molecular complexity index is 198. The summed E-state index contributed by atoms with van der Waals surface area (Å²) in [6.07, 6.45) is 3.83. The molecule has 1 heterocycles. The smallest absolute Gasteiger partial charge is 0.120 e. The van der Waals surface area contributed by atoms with Crippen molar-refractivity contribution < 1.29 is 9.53 Å². The van der Waals surface area contributed by atoms with Gasteiger partial charge in [-0.2, -0.15) is 0 Å². The van der Waals surface area contributed by atoms with Crippen LogP contribution in [0.5, 0.6) is 0 Å². The average Bonchev–Trinajstić information content (AvgIpc) is 2.49. The molecule has 0 amide bonds. The number of carbonyl (C=O) groups is 1. The first-order valence-electron chi connectivity index (χ1n) is 5.05. The van der Waals surface area contributed by atoms with E-state index >= 15 is 0 Å². The van der Waals surface area contributed by atoms with Gasteiger partial charge in [-0.05, 0) is 39.5 Å². The molecular formula is C11H20O2. The first-order valence-corrected chi connectivity index (χ1v) is 5.05. The van der Waals surface area contributed by atoms with E-state index in [2.05, 4.69) is 27.7 Å². The second-order valence-electron chi connectivity index (χ2n) is 4.89. The zero-order valence-corrected chi connectivity index (χ0v) is 9.09. The van der Waals surface area contributed by atoms with Crippen LogP contribution in [-0.2, 0) is 9.53 Å². The second-order valence-corrected chi connectivity index (χ2v) is 4.89. The summed E-state index contributed by atoms with van der Waals surface area (Å²) in [5.74, 6) is 0.495. The predicted octanol–water partition coefficient (Wildman–Crippen LogP) is 2.56. The summed E-state index contributed by atoms with van der Waals surface area (Å²) in [5, 5.41) is 0. The molecule has 1 rings (SSSR count). The highest BCUT2D eigenvalue weighted by molar-refractivity contribution is 5.49. The van der Waals surface area contributed by atoms with E-state index in [1.54, 1.807) is 0 Å². The van der Waals surface area contributed by atoms with Crippen molar-refractivity contribution in [3.8, 4) is 0 Å². The van der Waals surface area contributed by atoms with Crippen LogP contribution in [0.15, 0.2) is 0 Å². The maximum atomic E-state index is 10.3. The maximum Gasteiger partial charge on any atom is 0.120 e. The van der Waals surface area contributed by atoms with Gasteiger partial charge >= 0.3 is 0 Å². The van der Waals surface area contributed by atoms with Crippen LogP contribution in [0.4, 0.5) is 0 Å². The summed E-state index contributed by atoms with van der Waals surface area (Å²) in [6.45, 7) is 8.52. The lowest BCUT2D eigenvalue weighted by Gasteiger charge is -2.11. The number of ether oxygens (including phenoxy) is 1. The highest BCUT2D eigenvalue weighted by Gasteiger charge is 2.59. The lowest BCUT2D eigenvalue weighted by atomic mass is 9.89. The number of hydrogen-bond donors (Lipinski definition) is 0. The largest absolute Gasteiger partial charge is 0.363 e. The minimum absolute atomic E-state index is 0.0495. The van der Waals surface area contributed by atoms with Crippen molar-refractivity contribution in [3.05, 3.63) is 0 Å². The molecule has 0 N–H and O–H groups in total. The summed E-state index contributed by atoms with van der Waals surface area (Å²) in [4.78, 5) is 10.3.